The molecule has 0 aromatic heterocycles. The number of guanidine groups is 4. The number of hydrogen-bond acceptors (Lipinski definition) is 28. The molecule has 0 aliphatic carbocycles. The Kier molecular flexibility index (Phi) is 27.1. The Bertz CT molecular complexity index is 6190. The van der Waals surface area contributed by atoms with Crippen LogP contribution >= 0.6 is 31.9 Å². The van der Waals surface area contributed by atoms with E-state index in [1.807, 2.05) is 84.9 Å². The van der Waals surface area contributed by atoms with Gasteiger partial charge < -0.3 is 80.9 Å². The van der Waals surface area contributed by atoms with Crippen LogP contribution < -0.4 is 52.8 Å². The molecule has 12 N–H and O–H groups in total. The van der Waals surface area contributed by atoms with Gasteiger partial charge in [0, 0.05) is 134 Å². The van der Waals surface area contributed by atoms with Gasteiger partial charge in [-0.1, -0.05) is 56.1 Å². The van der Waals surface area contributed by atoms with Crippen molar-refractivity contribution < 1.29 is 77.2 Å². The molecule has 4 fully saturated rings. The normalized spacial score (nSPS) is 25.1. The maximum absolute atomic E-state index is 13.5. The summed E-state index contributed by atoms with van der Waals surface area (Å²) in [4.78, 5) is 90.3. The van der Waals surface area contributed by atoms with Crippen molar-refractivity contribution in [1.29, 1.82) is 21.0 Å². The van der Waals surface area contributed by atoms with E-state index in [9.17, 15) is 29.7 Å². The number of nitrogens with two attached hydrogens (primary N) is 4. The van der Waals surface area contributed by atoms with Crippen molar-refractivity contribution in [3.63, 3.8) is 0 Å². The zero-order valence-electron chi connectivity index (χ0n) is 74.1. The number of fused-ring (bicyclic) bond motifs is 8. The van der Waals surface area contributed by atoms with Gasteiger partial charge in [0.1, 0.15) is 45.4 Å². The molecular weight excluding hydrogens is 1870 g/mol. The summed E-state index contributed by atoms with van der Waals surface area (Å²) in [6.45, 7) is 32.6. The van der Waals surface area contributed by atoms with E-state index in [1.165, 1.54) is 56.0 Å². The third-order valence-electron chi connectivity index (χ3n) is 25.6. The molecule has 4 saturated heterocycles. The summed E-state index contributed by atoms with van der Waals surface area (Å²) in [5, 5.41) is 71.0. The lowest BCUT2D eigenvalue weighted by Crippen LogP contribution is -2.55. The largest absolute Gasteiger partial charge is 0.487 e. The van der Waals surface area contributed by atoms with Crippen LogP contribution in [0.5, 0.6) is 23.0 Å². The molecule has 40 heteroatoms. The van der Waals surface area contributed by atoms with Crippen LogP contribution in [-0.4, -0.2) is 205 Å². The van der Waals surface area contributed by atoms with Gasteiger partial charge >= 0.3 is 14.2 Å². The number of amides is 4. The lowest BCUT2D eigenvalue weighted by atomic mass is 9.74. The number of nitrogens with zero attached hydrogens (tertiary/aromatic N) is 16. The highest BCUT2D eigenvalue weighted by Gasteiger charge is 2.63. The molecule has 136 heavy (non-hydrogen) atoms. The van der Waals surface area contributed by atoms with E-state index in [1.54, 1.807) is 64.6 Å². The van der Waals surface area contributed by atoms with Crippen LogP contribution in [0.25, 0.3) is 41.6 Å². The SMILES string of the molecule is CN1C(=O)[C@@]2(C[C@@]3(CCCOC3)Oc3ccc(Br)cc32)N=C1N.CN1C(=O)[C@@]2(C[C@]3(CCCOC3)Oc3ccc(Br)cc32)N=C1N.[C-]#[N+]c1cc(C#N)cc(-c2ccc3c(c2)[C@]2(C[C@@]4(CCCOC4)O3)N=C(N)N(C)C2=O)c1.[C-]#[N+]c1cc(C#N)cc(-c2ccc3c(c2)[C@]2(C[C@]4(CCCOC4)O3)N=C(N)N(C)C2=O)c1.[C-]#[N+]c1cc(C#N)cc(B(O)O)c1.[C-]#[N+]c1cc(C#N)cc(B(O)O)c1. The molecule has 0 unspecified atom stereocenters. The van der Waals surface area contributed by atoms with Gasteiger partial charge in [0.2, 0.25) is 0 Å². The lowest BCUT2D eigenvalue weighted by Gasteiger charge is -2.46. The van der Waals surface area contributed by atoms with Gasteiger partial charge in [-0.3, -0.25) is 38.8 Å². The molecule has 0 bridgehead atoms. The minimum atomic E-state index is -1.64. The van der Waals surface area contributed by atoms with Gasteiger partial charge in [0.25, 0.3) is 23.6 Å². The summed E-state index contributed by atoms with van der Waals surface area (Å²) < 4.78 is 50.0. The average Bonchev–Trinajstić information content (AvgIpc) is 1.50. The standard InChI is InChI=1S/2C24H21N5O3.2C16H18BrN3O3.2C8H5BN2O2/c2*1-27-18-9-15(12-25)8-17(10-18)16-4-5-20-19(11-16)24(21(30)29(2)22(26)28-24)13-23(32-20)6-3-7-31-14-23;2*1-20-13(21)16(19-14(20)18)8-15(5-2-6-22-9-15)23-12-4-3-10(17)7-11(12)16;2*1-11-8-3-6(5-10)2-7(4-8)9(12)13/h2*4-5,8-11H,3,6-7,13-14H2,2H3,(H2,26,28);2*3-4,7H,2,5-6,8-9H2,1H3,(H2,18,19);2*2-4,12-13H/t23-,24+;23-,24-;15-,16+;15-,16-;;/m1010../s1. The monoisotopic (exact) mass is 1960 g/mol. The maximum Gasteiger partial charge on any atom is 0.487 e. The molecular formula is C96H88B2Br2N20O16. The van der Waals surface area contributed by atoms with E-state index in [0.717, 1.165) is 95.8 Å². The third-order valence-corrected chi connectivity index (χ3v) is 26.6. The molecule has 12 heterocycles. The summed E-state index contributed by atoms with van der Waals surface area (Å²) in [7, 11) is 3.28. The van der Waals surface area contributed by atoms with Gasteiger partial charge in [0.15, 0.2) is 68.7 Å². The number of carbonyl (C=O) groups is 4. The van der Waals surface area contributed by atoms with E-state index in [4.69, 9.17) is 118 Å². The number of ether oxygens (including phenoxy) is 8. The lowest BCUT2D eigenvalue weighted by molar-refractivity contribution is -0.139. The smallest absolute Gasteiger partial charge is 0.484 e. The molecule has 8 atom stereocenters. The molecule has 12 aliphatic rings. The Labute approximate surface area is 800 Å². The summed E-state index contributed by atoms with van der Waals surface area (Å²) in [5.74, 6) is 2.73. The first-order valence-electron chi connectivity index (χ1n) is 43.0. The van der Waals surface area contributed by atoms with Crippen LogP contribution in [-0.2, 0) is 60.3 Å². The number of aliphatic imine (C=N–C) groups is 4. The van der Waals surface area contributed by atoms with Crippen molar-refractivity contribution in [2.45, 2.75) is 122 Å². The highest BCUT2D eigenvalue weighted by Crippen LogP contribution is 2.57. The van der Waals surface area contributed by atoms with Gasteiger partial charge in [-0.05, 0) is 206 Å². The third kappa shape index (κ3) is 18.4. The Morgan fingerprint density at radius 2 is 0.610 bits per heavy atom. The minimum absolute atomic E-state index is 0.109. The number of likely N-dealkylation sites (N-methyl/N-ethyl adjacent to an activating group) is 4. The number of halogens is 2. The van der Waals surface area contributed by atoms with E-state index >= 15 is 0 Å². The zero-order valence-corrected chi connectivity index (χ0v) is 77.2. The molecule has 20 rings (SSSR count). The second-order valence-electron chi connectivity index (χ2n) is 34.8. The maximum atomic E-state index is 13.5. The van der Waals surface area contributed by atoms with Crippen molar-refractivity contribution >= 4 is 127 Å². The van der Waals surface area contributed by atoms with E-state index in [2.05, 4.69) is 83.3 Å². The number of hydrogen-bond donors (Lipinski definition) is 8. The quantitative estimate of drug-likeness (QED) is 0.0600. The first-order chi connectivity index (χ1) is 65.0. The second-order valence-corrected chi connectivity index (χ2v) is 36.6. The van der Waals surface area contributed by atoms with Crippen LogP contribution in [0.1, 0.15) is 122 Å². The van der Waals surface area contributed by atoms with Gasteiger partial charge in [-0.2, -0.15) is 21.0 Å². The van der Waals surface area contributed by atoms with Crippen LogP contribution in [0.2, 0.25) is 0 Å². The highest BCUT2D eigenvalue weighted by molar-refractivity contribution is 9.10. The summed E-state index contributed by atoms with van der Waals surface area (Å²) in [6, 6.07) is 48.5. The van der Waals surface area contributed by atoms with Gasteiger partial charge in [-0.25, -0.2) is 39.3 Å². The van der Waals surface area contributed by atoms with Crippen LogP contribution in [0.4, 0.5) is 22.7 Å². The Morgan fingerprint density at radius 1 is 0.360 bits per heavy atom. The first-order valence-corrected chi connectivity index (χ1v) is 44.6. The molecule has 4 amide bonds. The minimum Gasteiger partial charge on any atom is -0.484 e. The predicted octanol–water partition coefficient (Wildman–Crippen LogP) is 9.28. The molecule has 8 aromatic rings. The highest BCUT2D eigenvalue weighted by atomic mass is 79.9. The second kappa shape index (κ2) is 38.4. The molecule has 0 radical (unpaired) electrons. The van der Waals surface area contributed by atoms with Crippen LogP contribution in [0, 0.1) is 71.6 Å². The molecule has 36 nitrogen and oxygen atoms in total. The number of nitriles is 4. The van der Waals surface area contributed by atoms with Gasteiger partial charge in [-0.15, -0.1) is 0 Å². The molecule has 0 saturated carbocycles. The van der Waals surface area contributed by atoms with Gasteiger partial charge in [0.05, 0.1) is 77.0 Å². The van der Waals surface area contributed by atoms with Crippen molar-refractivity contribution in [2.75, 3.05) is 81.0 Å². The Morgan fingerprint density at radius 3 is 0.838 bits per heavy atom. The number of rotatable bonds is 4. The average molecular weight is 1960 g/mol. The van der Waals surface area contributed by atoms with Crippen LogP contribution in [0.15, 0.2) is 175 Å². The number of carbonyl (C=O) groups excluding carboxylic acids is 4. The Balaban J connectivity index is 0.000000128. The fraction of sp³-hybridized carbons (Fsp3) is 0.333. The summed E-state index contributed by atoms with van der Waals surface area (Å²) in [5.41, 5.74) is 25.9. The Hall–Kier alpha value is -14.6. The molecule has 688 valence electrons. The predicted molar refractivity (Wildman–Crippen MR) is 505 cm³/mol. The molecule has 8 spiro atoms. The number of benzene rings is 8. The first kappa shape index (κ1) is 96.0. The molecule has 8 aromatic carbocycles. The summed E-state index contributed by atoms with van der Waals surface area (Å²) >= 11 is 6.95. The topological polar surface area (TPSA) is 502 Å². The van der Waals surface area contributed by atoms with E-state index in [-0.39, 0.29) is 80.9 Å². The van der Waals surface area contributed by atoms with Crippen molar-refractivity contribution in [2.24, 2.45) is 42.9 Å². The van der Waals surface area contributed by atoms with Crippen molar-refractivity contribution in [3.8, 4) is 69.5 Å². The zero-order chi connectivity index (χ0) is 97.2. The fourth-order valence-electron chi connectivity index (χ4n) is 19.2. The van der Waals surface area contributed by atoms with E-state index in [0.29, 0.717) is 133 Å². The van der Waals surface area contributed by atoms with Crippen LogP contribution in [0.3, 0.4) is 0 Å². The van der Waals surface area contributed by atoms with E-state index < -0.39 is 58.8 Å². The van der Waals surface area contributed by atoms with Crippen molar-refractivity contribution in [1.82, 2.24) is 19.6 Å². The summed E-state index contributed by atoms with van der Waals surface area (Å²) in [6.07, 6.45) is 8.30. The fourth-order valence-corrected chi connectivity index (χ4v) is 19.9. The molecule has 12 aliphatic heterocycles. The van der Waals surface area contributed by atoms with Crippen molar-refractivity contribution in [3.05, 3.63) is 245 Å².